The molecule has 1 aromatic heterocycles. The van der Waals surface area contributed by atoms with Gasteiger partial charge in [0.2, 0.25) is 0 Å². The van der Waals surface area contributed by atoms with Crippen LogP contribution < -0.4 is 0 Å². The second-order valence-electron chi connectivity index (χ2n) is 8.13. The summed E-state index contributed by atoms with van der Waals surface area (Å²) in [5.41, 5.74) is 5.41. The van der Waals surface area contributed by atoms with Crippen LogP contribution in [-0.4, -0.2) is 16.1 Å². The summed E-state index contributed by atoms with van der Waals surface area (Å²) in [5, 5.41) is -0.433. The van der Waals surface area contributed by atoms with Gasteiger partial charge in [-0.15, -0.1) is 0 Å². The van der Waals surface area contributed by atoms with E-state index in [0.29, 0.717) is 24.2 Å². The summed E-state index contributed by atoms with van der Waals surface area (Å²) in [5.74, 6) is 0.169. The van der Waals surface area contributed by atoms with Gasteiger partial charge >= 0.3 is 5.30 Å². The summed E-state index contributed by atoms with van der Waals surface area (Å²) in [6, 6.07) is 19.2. The summed E-state index contributed by atoms with van der Waals surface area (Å²) < 4.78 is 5.82. The molecule has 4 rings (SSSR count). The molecule has 0 radical (unpaired) electrons. The highest BCUT2D eigenvalue weighted by Crippen LogP contribution is 2.40. The average Bonchev–Trinajstić information content (AvgIpc) is 3.03. The van der Waals surface area contributed by atoms with Gasteiger partial charge in [-0.2, -0.15) is 0 Å². The predicted molar refractivity (Wildman–Crippen MR) is 127 cm³/mol. The second kappa shape index (κ2) is 9.53. The van der Waals surface area contributed by atoms with E-state index in [9.17, 15) is 9.59 Å². The highest BCUT2D eigenvalue weighted by molar-refractivity contribution is 8.13. The number of Topliss-reactive ketones (excluding diaryl/α,β-unsaturated/α-hetero) is 1. The minimum absolute atomic E-state index is 0.0122. The third kappa shape index (κ3) is 4.83. The van der Waals surface area contributed by atoms with Crippen molar-refractivity contribution in [3.8, 4) is 0 Å². The highest BCUT2D eigenvalue weighted by atomic mass is 32.2. The van der Waals surface area contributed by atoms with Gasteiger partial charge in [0, 0.05) is 35.5 Å². The molecule has 0 fully saturated rings. The van der Waals surface area contributed by atoms with Crippen LogP contribution in [0.4, 0.5) is 4.79 Å². The van der Waals surface area contributed by atoms with Crippen molar-refractivity contribution in [2.24, 2.45) is 5.92 Å². The molecule has 0 N–H and O–H groups in total. The Hall–Kier alpha value is -3.18. The van der Waals surface area contributed by atoms with Gasteiger partial charge in [0.25, 0.3) is 0 Å². The highest BCUT2D eigenvalue weighted by Gasteiger charge is 2.37. The Bertz CT molecular complexity index is 1160. The number of nitrogens with zero attached hydrogens (tertiary/aromatic N) is 1. The molecule has 0 spiro atoms. The van der Waals surface area contributed by atoms with E-state index in [-0.39, 0.29) is 11.7 Å². The van der Waals surface area contributed by atoms with Gasteiger partial charge in [0.1, 0.15) is 5.76 Å². The number of benzene rings is 2. The number of ketones is 1. The lowest BCUT2D eigenvalue weighted by atomic mass is 9.90. The van der Waals surface area contributed by atoms with Crippen LogP contribution in [0.15, 0.2) is 77.5 Å². The Morgan fingerprint density at radius 2 is 1.72 bits per heavy atom. The normalized spacial score (nSPS) is 15.8. The zero-order valence-corrected chi connectivity index (χ0v) is 19.2. The zero-order valence-electron chi connectivity index (χ0n) is 18.4. The Balaban J connectivity index is 1.67. The summed E-state index contributed by atoms with van der Waals surface area (Å²) in [6.07, 6.45) is 2.63. The number of pyridine rings is 1. The average molecular weight is 444 g/mol. The summed E-state index contributed by atoms with van der Waals surface area (Å²) in [7, 11) is 0. The number of carbonyl (C=O) groups is 2. The van der Waals surface area contributed by atoms with Gasteiger partial charge in [-0.3, -0.25) is 9.78 Å². The lowest BCUT2D eigenvalue weighted by Gasteiger charge is -2.14. The van der Waals surface area contributed by atoms with Crippen LogP contribution in [-0.2, 0) is 16.0 Å². The molecule has 1 aliphatic rings. The summed E-state index contributed by atoms with van der Waals surface area (Å²) in [4.78, 5) is 31.5. The number of rotatable bonds is 5. The van der Waals surface area contributed by atoms with Gasteiger partial charge in [-0.1, -0.05) is 42.0 Å². The minimum Gasteiger partial charge on any atom is -0.422 e. The Morgan fingerprint density at radius 3 is 2.38 bits per heavy atom. The van der Waals surface area contributed by atoms with Gasteiger partial charge in [-0.05, 0) is 73.5 Å². The molecule has 5 heteroatoms. The van der Waals surface area contributed by atoms with Crippen LogP contribution in [0.5, 0.6) is 0 Å². The summed E-state index contributed by atoms with van der Waals surface area (Å²) >= 11 is 1.03. The molecular formula is C27H25NO3S. The van der Waals surface area contributed by atoms with Crippen molar-refractivity contribution in [3.05, 3.63) is 101 Å². The van der Waals surface area contributed by atoms with Gasteiger partial charge < -0.3 is 4.74 Å². The van der Waals surface area contributed by atoms with Crippen molar-refractivity contribution in [3.63, 3.8) is 0 Å². The molecule has 0 saturated carbocycles. The molecule has 0 saturated heterocycles. The molecule has 2 aromatic carbocycles. The smallest absolute Gasteiger partial charge is 0.377 e. The fraction of sp³-hybridized carbons (Fsp3) is 0.222. The Morgan fingerprint density at radius 1 is 1.03 bits per heavy atom. The van der Waals surface area contributed by atoms with Crippen molar-refractivity contribution in [1.82, 2.24) is 4.98 Å². The zero-order chi connectivity index (χ0) is 22.7. The lowest BCUT2D eigenvalue weighted by molar-refractivity contribution is -0.116. The third-order valence-electron chi connectivity index (χ3n) is 5.59. The number of aromatic nitrogens is 1. The van der Waals surface area contributed by atoms with Crippen molar-refractivity contribution in [2.45, 2.75) is 38.5 Å². The maximum absolute atomic E-state index is 13.6. The maximum atomic E-state index is 13.6. The fourth-order valence-electron chi connectivity index (χ4n) is 4.33. The van der Waals surface area contributed by atoms with Crippen LogP contribution in [0.2, 0.25) is 0 Å². The molecule has 1 heterocycles. The van der Waals surface area contributed by atoms with Crippen LogP contribution in [0.25, 0.3) is 5.57 Å². The monoisotopic (exact) mass is 443 g/mol. The van der Waals surface area contributed by atoms with Gasteiger partial charge in [-0.25, -0.2) is 4.79 Å². The molecule has 0 amide bonds. The number of thioether (sulfide) groups is 1. The molecule has 0 bridgehead atoms. The van der Waals surface area contributed by atoms with Crippen LogP contribution >= 0.6 is 11.8 Å². The first kappa shape index (κ1) is 22.0. The summed E-state index contributed by atoms with van der Waals surface area (Å²) in [6.45, 7) is 6.04. The fourth-order valence-corrected chi connectivity index (χ4v) is 4.96. The van der Waals surface area contributed by atoms with Crippen LogP contribution in [0.3, 0.4) is 0 Å². The minimum atomic E-state index is -0.433. The largest absolute Gasteiger partial charge is 0.422 e. The molecule has 162 valence electrons. The van der Waals surface area contributed by atoms with Crippen molar-refractivity contribution in [2.75, 3.05) is 0 Å². The first-order valence-electron chi connectivity index (χ1n) is 10.6. The Kier molecular flexibility index (Phi) is 6.56. The topological polar surface area (TPSA) is 56.3 Å². The van der Waals surface area contributed by atoms with Crippen molar-refractivity contribution >= 4 is 28.4 Å². The number of carbonyl (C=O) groups excluding carboxylic acids is 2. The quantitative estimate of drug-likeness (QED) is 0.334. The number of hydrogen-bond donors (Lipinski definition) is 0. The number of aryl methyl sites for hydroxylation is 3. The predicted octanol–water partition coefficient (Wildman–Crippen LogP) is 6.48. The number of hydrogen-bond acceptors (Lipinski definition) is 5. The third-order valence-corrected chi connectivity index (χ3v) is 6.35. The van der Waals surface area contributed by atoms with Crippen molar-refractivity contribution in [1.29, 1.82) is 0 Å². The maximum Gasteiger partial charge on any atom is 0.377 e. The number of ether oxygens (including phenoxy) is 1. The second-order valence-corrected chi connectivity index (χ2v) is 9.14. The number of allylic oxidation sites excluding steroid dienone is 2. The van der Waals surface area contributed by atoms with Gasteiger partial charge in [0.15, 0.2) is 5.78 Å². The molecule has 3 aromatic rings. The standard InChI is InChI=1S/C27H25NO3S/c1-17-13-18(2)24(19(3)14-17)25-23(31-27(30)32-22-10-5-4-6-11-22)16-20(26(25)29)15-21-9-7-8-12-28-21/h4-14,20H,15-16H2,1-3H3. The van der Waals surface area contributed by atoms with E-state index < -0.39 is 5.30 Å². The van der Waals surface area contributed by atoms with E-state index in [2.05, 4.69) is 17.1 Å². The SMILES string of the molecule is Cc1cc(C)c(C2=C(OC(=O)Sc3ccccc3)CC(Cc3ccccn3)C2=O)c(C)c1. The van der Waals surface area contributed by atoms with E-state index in [4.69, 9.17) is 4.74 Å². The molecule has 1 atom stereocenters. The lowest BCUT2D eigenvalue weighted by Crippen LogP contribution is -2.14. The van der Waals surface area contributed by atoms with Gasteiger partial charge in [0.05, 0.1) is 5.57 Å². The first-order chi connectivity index (χ1) is 15.4. The molecule has 0 aliphatic heterocycles. The molecule has 1 aliphatic carbocycles. The molecule has 32 heavy (non-hydrogen) atoms. The van der Waals surface area contributed by atoms with E-state index in [1.165, 1.54) is 0 Å². The molecule has 1 unspecified atom stereocenters. The first-order valence-corrected chi connectivity index (χ1v) is 11.4. The van der Waals surface area contributed by atoms with E-state index >= 15 is 0 Å². The van der Waals surface area contributed by atoms with E-state index in [0.717, 1.165) is 44.6 Å². The van der Waals surface area contributed by atoms with E-state index in [1.807, 2.05) is 69.3 Å². The van der Waals surface area contributed by atoms with Crippen molar-refractivity contribution < 1.29 is 14.3 Å². The molecule has 4 nitrogen and oxygen atoms in total. The Labute approximate surface area is 192 Å². The van der Waals surface area contributed by atoms with E-state index in [1.54, 1.807) is 6.20 Å². The van der Waals surface area contributed by atoms with Crippen LogP contribution in [0, 0.1) is 26.7 Å². The van der Waals surface area contributed by atoms with Crippen LogP contribution in [0.1, 0.15) is 34.4 Å². The molecular weight excluding hydrogens is 418 g/mol.